The van der Waals surface area contributed by atoms with Gasteiger partial charge in [0.1, 0.15) is 11.5 Å². The van der Waals surface area contributed by atoms with E-state index in [0.29, 0.717) is 5.56 Å². The van der Waals surface area contributed by atoms with Gasteiger partial charge < -0.3 is 9.72 Å². The van der Waals surface area contributed by atoms with Gasteiger partial charge >= 0.3 is 0 Å². The van der Waals surface area contributed by atoms with Crippen LogP contribution in [0.15, 0.2) is 89.0 Å². The lowest BCUT2D eigenvalue weighted by atomic mass is 10.2. The smallest absolute Gasteiger partial charge is 0.253 e. The van der Waals surface area contributed by atoms with Crippen LogP contribution < -0.4 is 5.32 Å². The first-order valence-electron chi connectivity index (χ1n) is 8.74. The quantitative estimate of drug-likeness (QED) is 0.513. The van der Waals surface area contributed by atoms with Gasteiger partial charge in [-0.3, -0.25) is 4.79 Å². The molecule has 0 aliphatic carbocycles. The molecule has 0 radical (unpaired) electrons. The molecule has 0 aliphatic rings. The average molecular weight is 409 g/mol. The van der Waals surface area contributed by atoms with Crippen molar-refractivity contribution in [3.63, 3.8) is 0 Å². The number of nitrogens with one attached hydrogen (secondary N) is 1. The number of carbonyl (C=O) groups is 1. The lowest BCUT2D eigenvalue weighted by molar-refractivity contribution is 0.0950. The summed E-state index contributed by atoms with van der Waals surface area (Å²) in [5, 5.41) is 2.80. The highest BCUT2D eigenvalue weighted by Crippen LogP contribution is 2.21. The highest BCUT2D eigenvalue weighted by atomic mass is 32.2. The number of hydrogen-bond donors (Lipinski definition) is 1. The minimum Gasteiger partial charge on any atom is -0.348 e. The minimum absolute atomic E-state index is 0.0230. The first-order valence-corrected chi connectivity index (χ1v) is 10.2. The van der Waals surface area contributed by atoms with Crippen LogP contribution in [0.1, 0.15) is 15.9 Å². The average Bonchev–Trinajstić information content (AvgIpc) is 3.20. The van der Waals surface area contributed by atoms with Crippen molar-refractivity contribution in [1.82, 2.24) is 14.7 Å². The maximum atomic E-state index is 13.0. The van der Waals surface area contributed by atoms with Crippen molar-refractivity contribution < 1.29 is 17.6 Å². The molecular weight excluding hydrogens is 393 g/mol. The number of rotatable bonds is 5. The zero-order chi connectivity index (χ0) is 20.4. The zero-order valence-electron chi connectivity index (χ0n) is 15.1. The largest absolute Gasteiger partial charge is 0.348 e. The van der Waals surface area contributed by atoms with E-state index in [1.807, 2.05) is 0 Å². The van der Waals surface area contributed by atoms with E-state index in [1.165, 1.54) is 24.3 Å². The van der Waals surface area contributed by atoms with E-state index < -0.39 is 15.7 Å². The van der Waals surface area contributed by atoms with Crippen molar-refractivity contribution in [2.24, 2.45) is 0 Å². The summed E-state index contributed by atoms with van der Waals surface area (Å²) < 4.78 is 40.0. The second kappa shape index (κ2) is 7.48. The molecule has 1 amide bonds. The summed E-state index contributed by atoms with van der Waals surface area (Å²) in [6.45, 7) is 0.248. The molecule has 1 N–H and O–H groups in total. The third kappa shape index (κ3) is 3.88. The second-order valence-corrected chi connectivity index (χ2v) is 8.34. The van der Waals surface area contributed by atoms with Crippen molar-refractivity contribution in [2.45, 2.75) is 16.3 Å². The Bertz CT molecular complexity index is 1280. The Morgan fingerprint density at radius 1 is 0.966 bits per heavy atom. The van der Waals surface area contributed by atoms with E-state index >= 15 is 0 Å². The maximum Gasteiger partial charge on any atom is 0.253 e. The van der Waals surface area contributed by atoms with E-state index in [2.05, 4.69) is 10.3 Å². The molecule has 0 unspecified atom stereocenters. The van der Waals surface area contributed by atoms with Crippen LogP contribution in [-0.2, 0) is 16.4 Å². The number of pyridine rings is 1. The summed E-state index contributed by atoms with van der Waals surface area (Å²) in [6.07, 6.45) is 5.10. The Hall–Kier alpha value is -3.52. The summed E-state index contributed by atoms with van der Waals surface area (Å²) in [5.74, 6) is -0.745. The van der Waals surface area contributed by atoms with Gasteiger partial charge in [-0.2, -0.15) is 0 Å². The number of sulfone groups is 1. The Balaban J connectivity index is 1.45. The van der Waals surface area contributed by atoms with E-state index in [1.54, 1.807) is 47.3 Å². The number of carbonyl (C=O) groups excluding carboxylic acids is 1. The van der Waals surface area contributed by atoms with Gasteiger partial charge in [0.15, 0.2) is 0 Å². The predicted octanol–water partition coefficient (Wildman–Crippen LogP) is 3.24. The van der Waals surface area contributed by atoms with Gasteiger partial charge in [0.2, 0.25) is 9.84 Å². The maximum absolute atomic E-state index is 13.0. The van der Waals surface area contributed by atoms with Crippen LogP contribution >= 0.6 is 0 Å². The van der Waals surface area contributed by atoms with E-state index in [4.69, 9.17) is 0 Å². The Labute approximate surface area is 166 Å². The molecule has 2 heterocycles. The summed E-state index contributed by atoms with van der Waals surface area (Å²) in [4.78, 5) is 16.6. The number of halogens is 1. The van der Waals surface area contributed by atoms with Crippen LogP contribution in [0, 0.1) is 5.82 Å². The lowest BCUT2D eigenvalue weighted by Gasteiger charge is -2.08. The monoisotopic (exact) mass is 409 g/mol. The molecule has 0 bridgehead atoms. The number of amides is 1. The highest BCUT2D eigenvalue weighted by Gasteiger charge is 2.17. The third-order valence-electron chi connectivity index (χ3n) is 4.46. The predicted molar refractivity (Wildman–Crippen MR) is 105 cm³/mol. The number of aromatic nitrogens is 2. The molecular formula is C21H16FN3O3S. The second-order valence-electron chi connectivity index (χ2n) is 6.39. The Kier molecular flexibility index (Phi) is 4.85. The molecule has 4 rings (SSSR count). The zero-order valence-corrected chi connectivity index (χ0v) is 15.9. The van der Waals surface area contributed by atoms with Crippen LogP contribution in [0.2, 0.25) is 0 Å². The molecule has 2 aromatic heterocycles. The molecule has 0 fully saturated rings. The molecule has 4 aromatic rings. The van der Waals surface area contributed by atoms with Crippen molar-refractivity contribution in [1.29, 1.82) is 0 Å². The Morgan fingerprint density at radius 2 is 1.62 bits per heavy atom. The van der Waals surface area contributed by atoms with Crippen LogP contribution in [-0.4, -0.2) is 23.7 Å². The first kappa shape index (κ1) is 18.8. The van der Waals surface area contributed by atoms with Crippen molar-refractivity contribution in [3.8, 4) is 0 Å². The fraction of sp³-hybridized carbons (Fsp3) is 0.0476. The first-order chi connectivity index (χ1) is 13.9. The van der Waals surface area contributed by atoms with Gasteiger partial charge in [0.05, 0.1) is 15.4 Å². The SMILES string of the molecule is O=C(NCc1ccc(S(=O)(=O)c2ccc(F)cc2)cc1)c1ccc2nccn2c1. The summed E-state index contributed by atoms with van der Waals surface area (Å²) in [7, 11) is -3.72. The normalized spacial score (nSPS) is 11.5. The molecule has 0 saturated heterocycles. The van der Waals surface area contributed by atoms with Crippen LogP contribution in [0.25, 0.3) is 5.65 Å². The van der Waals surface area contributed by atoms with E-state index in [9.17, 15) is 17.6 Å². The number of benzene rings is 2. The van der Waals surface area contributed by atoms with Gasteiger partial charge in [-0.1, -0.05) is 12.1 Å². The third-order valence-corrected chi connectivity index (χ3v) is 6.25. The van der Waals surface area contributed by atoms with Gasteiger partial charge in [0.25, 0.3) is 5.91 Å². The van der Waals surface area contributed by atoms with Crippen LogP contribution in [0.4, 0.5) is 4.39 Å². The number of hydrogen-bond acceptors (Lipinski definition) is 4. The van der Waals surface area contributed by atoms with Gasteiger partial charge in [-0.05, 0) is 54.1 Å². The molecule has 8 heteroatoms. The number of fused-ring (bicyclic) bond motifs is 1. The van der Waals surface area contributed by atoms with E-state index in [-0.39, 0.29) is 22.2 Å². The van der Waals surface area contributed by atoms with E-state index in [0.717, 1.165) is 23.3 Å². The summed E-state index contributed by atoms with van der Waals surface area (Å²) in [5.41, 5.74) is 1.99. The van der Waals surface area contributed by atoms with Crippen molar-refractivity contribution >= 4 is 21.4 Å². The van der Waals surface area contributed by atoms with Gasteiger partial charge in [0, 0.05) is 25.1 Å². The molecule has 0 atom stereocenters. The van der Waals surface area contributed by atoms with Gasteiger partial charge in [-0.15, -0.1) is 0 Å². The summed E-state index contributed by atoms with van der Waals surface area (Å²) >= 11 is 0. The van der Waals surface area contributed by atoms with Crippen LogP contribution in [0.5, 0.6) is 0 Å². The molecule has 0 saturated carbocycles. The summed E-state index contributed by atoms with van der Waals surface area (Å²) in [6, 6.07) is 14.3. The van der Waals surface area contributed by atoms with Crippen LogP contribution in [0.3, 0.4) is 0 Å². The molecule has 6 nitrogen and oxygen atoms in total. The molecule has 146 valence electrons. The molecule has 2 aromatic carbocycles. The Morgan fingerprint density at radius 3 is 2.31 bits per heavy atom. The number of imidazole rings is 1. The van der Waals surface area contributed by atoms with Crippen molar-refractivity contribution in [3.05, 3.63) is 96.2 Å². The molecule has 0 spiro atoms. The minimum atomic E-state index is -3.72. The number of nitrogens with zero attached hydrogens (tertiary/aromatic N) is 2. The molecule has 29 heavy (non-hydrogen) atoms. The standard InChI is InChI=1S/C21H16FN3O3S/c22-17-4-8-19(9-5-17)29(27,28)18-6-1-15(2-7-18)13-24-21(26)16-3-10-20-23-11-12-25(20)14-16/h1-12,14H,13H2,(H,24,26). The van der Waals surface area contributed by atoms with Gasteiger partial charge in [-0.25, -0.2) is 17.8 Å². The van der Waals surface area contributed by atoms with Crippen molar-refractivity contribution in [2.75, 3.05) is 0 Å². The fourth-order valence-electron chi connectivity index (χ4n) is 2.88. The molecule has 0 aliphatic heterocycles. The highest BCUT2D eigenvalue weighted by molar-refractivity contribution is 7.91. The topological polar surface area (TPSA) is 80.5 Å². The fourth-order valence-corrected chi connectivity index (χ4v) is 4.14. The lowest BCUT2D eigenvalue weighted by Crippen LogP contribution is -2.23.